The van der Waals surface area contributed by atoms with Gasteiger partial charge in [0.25, 0.3) is 5.91 Å². The number of aliphatic hydroxyl groups is 1. The van der Waals surface area contributed by atoms with Crippen LogP contribution in [-0.2, 0) is 16.0 Å². The van der Waals surface area contributed by atoms with Crippen LogP contribution in [0.3, 0.4) is 0 Å². The lowest BCUT2D eigenvalue weighted by atomic mass is 9.95. The van der Waals surface area contributed by atoms with E-state index in [0.29, 0.717) is 38.5 Å². The molecule has 184 valence electrons. The predicted molar refractivity (Wildman–Crippen MR) is 119 cm³/mol. The highest BCUT2D eigenvalue weighted by Crippen LogP contribution is 2.34. The molecule has 5 nitrogen and oxygen atoms in total. The Morgan fingerprint density at radius 2 is 1.97 bits per heavy atom. The third-order valence-electron chi connectivity index (χ3n) is 6.11. The molecule has 0 radical (unpaired) electrons. The lowest BCUT2D eigenvalue weighted by molar-refractivity contribution is -0.148. The molecule has 1 fully saturated rings. The van der Waals surface area contributed by atoms with E-state index in [0.717, 1.165) is 16.9 Å². The van der Waals surface area contributed by atoms with Crippen molar-refractivity contribution in [1.82, 2.24) is 4.90 Å². The van der Waals surface area contributed by atoms with Gasteiger partial charge >= 0.3 is 11.9 Å². The largest absolute Gasteiger partial charge is 0.481 e. The molecule has 0 aliphatic carbocycles. The number of amides is 1. The molecular weight excluding hydrogens is 435 g/mol. The minimum Gasteiger partial charge on any atom is -0.481 e. The normalized spacial score (nSPS) is 19.8. The van der Waals surface area contributed by atoms with Crippen molar-refractivity contribution in [3.05, 3.63) is 47.8 Å². The van der Waals surface area contributed by atoms with E-state index in [1.54, 1.807) is 6.07 Å². The average molecular weight is 470 g/mol. The number of carbonyl (C=O) groups is 2. The SMILES string of the molecule is C[C@@H](CCCc1cccc(F)c1)[C@@H](O)C=C[C@H]1CC(F)(F)C(=O)N1CCCCCCC(=O)O. The Morgan fingerprint density at radius 1 is 1.24 bits per heavy atom. The molecule has 1 amide bonds. The number of carboxylic acid groups (broad SMARTS) is 1. The highest BCUT2D eigenvalue weighted by atomic mass is 19.3. The Kier molecular flexibility index (Phi) is 10.4. The number of alkyl halides is 2. The van der Waals surface area contributed by atoms with Crippen molar-refractivity contribution >= 4 is 11.9 Å². The molecule has 1 aliphatic rings. The molecule has 0 saturated carbocycles. The average Bonchev–Trinajstić information content (AvgIpc) is 2.96. The van der Waals surface area contributed by atoms with Gasteiger partial charge in [-0.1, -0.05) is 44.1 Å². The number of aliphatic carboxylic acids is 1. The number of aliphatic hydroxyl groups excluding tert-OH is 1. The predicted octanol–water partition coefficient (Wildman–Crippen LogP) is 4.97. The summed E-state index contributed by atoms with van der Waals surface area (Å²) < 4.78 is 41.3. The minimum absolute atomic E-state index is 0.0738. The van der Waals surface area contributed by atoms with Crippen molar-refractivity contribution in [2.75, 3.05) is 6.54 Å². The van der Waals surface area contributed by atoms with Crippen LogP contribution in [0.4, 0.5) is 13.2 Å². The van der Waals surface area contributed by atoms with Crippen LogP contribution < -0.4 is 0 Å². The van der Waals surface area contributed by atoms with Crippen LogP contribution in [-0.4, -0.2) is 51.6 Å². The van der Waals surface area contributed by atoms with Crippen LogP contribution in [0.2, 0.25) is 0 Å². The van der Waals surface area contributed by atoms with Crippen LogP contribution in [0, 0.1) is 11.7 Å². The summed E-state index contributed by atoms with van der Waals surface area (Å²) in [5, 5.41) is 19.1. The lowest BCUT2D eigenvalue weighted by Crippen LogP contribution is -2.36. The van der Waals surface area contributed by atoms with E-state index in [1.165, 1.54) is 24.3 Å². The Balaban J connectivity index is 1.82. The van der Waals surface area contributed by atoms with Crippen molar-refractivity contribution < 1.29 is 33.0 Å². The van der Waals surface area contributed by atoms with Crippen molar-refractivity contribution in [2.45, 2.75) is 82.8 Å². The van der Waals surface area contributed by atoms with E-state index in [-0.39, 0.29) is 24.7 Å². The molecule has 0 bridgehead atoms. The number of benzene rings is 1. The zero-order valence-electron chi connectivity index (χ0n) is 19.1. The lowest BCUT2D eigenvalue weighted by Gasteiger charge is -2.22. The molecule has 0 aromatic heterocycles. The van der Waals surface area contributed by atoms with Crippen LogP contribution in [0.5, 0.6) is 0 Å². The van der Waals surface area contributed by atoms with E-state index >= 15 is 0 Å². The van der Waals surface area contributed by atoms with Gasteiger partial charge in [0.2, 0.25) is 0 Å². The van der Waals surface area contributed by atoms with Gasteiger partial charge in [-0.05, 0) is 55.7 Å². The number of hydrogen-bond acceptors (Lipinski definition) is 3. The van der Waals surface area contributed by atoms with Gasteiger partial charge in [-0.25, -0.2) is 4.39 Å². The summed E-state index contributed by atoms with van der Waals surface area (Å²) in [4.78, 5) is 23.8. The highest BCUT2D eigenvalue weighted by molar-refractivity contribution is 5.86. The number of hydrogen-bond donors (Lipinski definition) is 2. The van der Waals surface area contributed by atoms with Crippen molar-refractivity contribution in [3.63, 3.8) is 0 Å². The Labute approximate surface area is 193 Å². The maximum absolute atomic E-state index is 14.0. The Morgan fingerprint density at radius 3 is 2.67 bits per heavy atom. The number of carboxylic acids is 1. The summed E-state index contributed by atoms with van der Waals surface area (Å²) >= 11 is 0. The maximum Gasteiger partial charge on any atom is 0.327 e. The zero-order chi connectivity index (χ0) is 24.4. The molecule has 1 heterocycles. The third kappa shape index (κ3) is 8.84. The van der Waals surface area contributed by atoms with E-state index in [9.17, 15) is 27.9 Å². The number of aryl methyl sites for hydroxylation is 1. The van der Waals surface area contributed by atoms with Gasteiger partial charge in [0.1, 0.15) is 5.82 Å². The van der Waals surface area contributed by atoms with Gasteiger partial charge in [0.15, 0.2) is 0 Å². The van der Waals surface area contributed by atoms with E-state index in [4.69, 9.17) is 5.11 Å². The zero-order valence-corrected chi connectivity index (χ0v) is 19.1. The van der Waals surface area contributed by atoms with E-state index in [1.807, 2.05) is 13.0 Å². The first-order chi connectivity index (χ1) is 15.6. The molecule has 1 aliphatic heterocycles. The molecule has 0 unspecified atom stereocenters. The number of likely N-dealkylation sites (tertiary alicyclic amines) is 1. The van der Waals surface area contributed by atoms with Crippen LogP contribution >= 0.6 is 0 Å². The number of halogens is 3. The molecule has 1 aromatic carbocycles. The monoisotopic (exact) mass is 469 g/mol. The van der Waals surface area contributed by atoms with Crippen LogP contribution in [0.1, 0.15) is 63.9 Å². The van der Waals surface area contributed by atoms with Gasteiger partial charge in [-0.3, -0.25) is 9.59 Å². The first-order valence-corrected chi connectivity index (χ1v) is 11.6. The Bertz CT molecular complexity index is 815. The minimum atomic E-state index is -3.42. The smallest absolute Gasteiger partial charge is 0.327 e. The third-order valence-corrected chi connectivity index (χ3v) is 6.11. The number of nitrogens with zero attached hydrogens (tertiary/aromatic N) is 1. The fourth-order valence-corrected chi connectivity index (χ4v) is 4.10. The summed E-state index contributed by atoms with van der Waals surface area (Å²) in [7, 11) is 0. The molecule has 8 heteroatoms. The first-order valence-electron chi connectivity index (χ1n) is 11.6. The molecule has 1 saturated heterocycles. The second kappa shape index (κ2) is 12.8. The molecule has 2 rings (SSSR count). The molecule has 1 aromatic rings. The van der Waals surface area contributed by atoms with Crippen molar-refractivity contribution in [3.8, 4) is 0 Å². The highest BCUT2D eigenvalue weighted by Gasteiger charge is 2.52. The van der Waals surface area contributed by atoms with Gasteiger partial charge in [0.05, 0.1) is 12.1 Å². The second-order valence-corrected chi connectivity index (χ2v) is 8.91. The van der Waals surface area contributed by atoms with Crippen molar-refractivity contribution in [2.24, 2.45) is 5.92 Å². The van der Waals surface area contributed by atoms with Gasteiger partial charge in [0, 0.05) is 19.4 Å². The first kappa shape index (κ1) is 26.9. The quantitative estimate of drug-likeness (QED) is 0.298. The molecular formula is C25H34F3NO4. The van der Waals surface area contributed by atoms with E-state index in [2.05, 4.69) is 0 Å². The number of unbranched alkanes of at least 4 members (excludes halogenated alkanes) is 3. The summed E-state index contributed by atoms with van der Waals surface area (Å²) in [6.07, 6.45) is 6.10. The standard InChI is InChI=1S/C25H34F3NO4/c1-18(8-6-9-19-10-7-11-20(26)16-19)22(30)14-13-21-17-25(27,28)24(33)29(21)15-5-3-2-4-12-23(31)32/h7,10-11,13-14,16,18,21-22,30H,2-6,8-9,12,15,17H2,1H3,(H,31,32)/t18-,21-,22-/m0/s1. The Hall–Kier alpha value is -2.35. The molecule has 33 heavy (non-hydrogen) atoms. The fourth-order valence-electron chi connectivity index (χ4n) is 4.10. The van der Waals surface area contributed by atoms with Crippen molar-refractivity contribution in [1.29, 1.82) is 0 Å². The molecule has 3 atom stereocenters. The molecule has 0 spiro atoms. The van der Waals surface area contributed by atoms with Gasteiger partial charge in [-0.15, -0.1) is 0 Å². The summed E-state index contributed by atoms with van der Waals surface area (Å²) in [6, 6.07) is 5.61. The summed E-state index contributed by atoms with van der Waals surface area (Å²) in [5.74, 6) is -5.87. The topological polar surface area (TPSA) is 77.8 Å². The second-order valence-electron chi connectivity index (χ2n) is 8.91. The van der Waals surface area contributed by atoms with Gasteiger partial charge < -0.3 is 15.1 Å². The number of carbonyl (C=O) groups excluding carboxylic acids is 1. The van der Waals surface area contributed by atoms with Gasteiger partial charge in [-0.2, -0.15) is 8.78 Å². The fraction of sp³-hybridized carbons (Fsp3) is 0.600. The van der Waals surface area contributed by atoms with Crippen LogP contribution in [0.25, 0.3) is 0 Å². The molecule has 2 N–H and O–H groups in total. The summed E-state index contributed by atoms with van der Waals surface area (Å²) in [6.45, 7) is 2.04. The van der Waals surface area contributed by atoms with E-state index < -0.39 is 36.4 Å². The van der Waals surface area contributed by atoms with Crippen LogP contribution in [0.15, 0.2) is 36.4 Å². The maximum atomic E-state index is 14.0. The number of rotatable bonds is 14. The summed E-state index contributed by atoms with van der Waals surface area (Å²) in [5.41, 5.74) is 0.887.